The largest absolute Gasteiger partial charge is 0.396 e. The molecule has 4 atom stereocenters. The zero-order chi connectivity index (χ0) is 14.4. The number of aromatic nitrogens is 2. The quantitative estimate of drug-likeness (QED) is 0.445. The summed E-state index contributed by atoms with van der Waals surface area (Å²) in [6.45, 7) is 3.82. The minimum atomic E-state index is -1.10. The number of rotatable bonds is 2. The SMILES string of the molecule is C=C1[C@H](CO)C(O)C[C@@H]1n1cnc2c1NC(N)=NC2O. The Hall–Kier alpha value is -1.90. The Morgan fingerprint density at radius 1 is 1.50 bits per heavy atom. The summed E-state index contributed by atoms with van der Waals surface area (Å²) in [7, 11) is 0. The molecule has 1 fully saturated rings. The summed E-state index contributed by atoms with van der Waals surface area (Å²) in [5.74, 6) is 0.300. The van der Waals surface area contributed by atoms with Crippen molar-refractivity contribution in [3.8, 4) is 0 Å². The normalized spacial score (nSPS) is 32.8. The second-order valence-corrected chi connectivity index (χ2v) is 5.08. The van der Waals surface area contributed by atoms with Crippen molar-refractivity contribution in [2.75, 3.05) is 11.9 Å². The summed E-state index contributed by atoms with van der Waals surface area (Å²) in [6, 6.07) is -0.205. The van der Waals surface area contributed by atoms with Gasteiger partial charge in [0.1, 0.15) is 11.5 Å². The van der Waals surface area contributed by atoms with Gasteiger partial charge in [-0.2, -0.15) is 0 Å². The number of nitrogens with two attached hydrogens (primary N) is 1. The maximum Gasteiger partial charge on any atom is 0.197 e. The van der Waals surface area contributed by atoms with Crippen LogP contribution in [0.1, 0.15) is 24.4 Å². The van der Waals surface area contributed by atoms with Crippen LogP contribution in [0.25, 0.3) is 0 Å². The van der Waals surface area contributed by atoms with Crippen LogP contribution in [0.5, 0.6) is 0 Å². The summed E-state index contributed by atoms with van der Waals surface area (Å²) in [4.78, 5) is 7.91. The molecule has 8 nitrogen and oxygen atoms in total. The van der Waals surface area contributed by atoms with E-state index < -0.39 is 12.3 Å². The van der Waals surface area contributed by atoms with Crippen molar-refractivity contribution in [1.82, 2.24) is 9.55 Å². The van der Waals surface area contributed by atoms with Crippen LogP contribution in [-0.2, 0) is 0 Å². The lowest BCUT2D eigenvalue weighted by atomic mass is 10.0. The van der Waals surface area contributed by atoms with Crippen molar-refractivity contribution in [2.24, 2.45) is 16.6 Å². The molecule has 8 heteroatoms. The van der Waals surface area contributed by atoms with E-state index in [2.05, 4.69) is 21.9 Å². The average molecular weight is 279 g/mol. The molecular formula is C12H17N5O3. The van der Waals surface area contributed by atoms with E-state index in [1.165, 1.54) is 0 Å². The molecule has 1 aliphatic heterocycles. The molecule has 1 aromatic rings. The van der Waals surface area contributed by atoms with Gasteiger partial charge in [0.05, 0.1) is 25.1 Å². The molecule has 0 saturated heterocycles. The summed E-state index contributed by atoms with van der Waals surface area (Å²) in [5, 5.41) is 31.9. The molecule has 0 aromatic carbocycles. The maximum absolute atomic E-state index is 9.96. The fraction of sp³-hybridized carbons (Fsp3) is 0.500. The number of guanidine groups is 1. The third-order valence-electron chi connectivity index (χ3n) is 3.94. The number of imidazole rings is 1. The lowest BCUT2D eigenvalue weighted by Crippen LogP contribution is -2.29. The van der Waals surface area contributed by atoms with Gasteiger partial charge >= 0.3 is 0 Å². The summed E-state index contributed by atoms with van der Waals surface area (Å²) in [6.07, 6.45) is 0.245. The predicted octanol–water partition coefficient (Wildman–Crippen LogP) is -0.915. The smallest absolute Gasteiger partial charge is 0.197 e. The van der Waals surface area contributed by atoms with Gasteiger partial charge in [-0.1, -0.05) is 6.58 Å². The highest BCUT2D eigenvalue weighted by molar-refractivity contribution is 5.93. The van der Waals surface area contributed by atoms with Gasteiger partial charge in [-0.05, 0) is 12.0 Å². The van der Waals surface area contributed by atoms with Crippen molar-refractivity contribution in [1.29, 1.82) is 0 Å². The van der Waals surface area contributed by atoms with Crippen LogP contribution in [0, 0.1) is 5.92 Å². The Balaban J connectivity index is 1.96. The van der Waals surface area contributed by atoms with Crippen LogP contribution in [0.4, 0.5) is 5.82 Å². The van der Waals surface area contributed by atoms with Crippen molar-refractivity contribution >= 4 is 11.8 Å². The number of anilines is 1. The minimum absolute atomic E-state index is 0.106. The van der Waals surface area contributed by atoms with Gasteiger partial charge in [0.25, 0.3) is 0 Å². The van der Waals surface area contributed by atoms with E-state index in [1.807, 2.05) is 0 Å². The van der Waals surface area contributed by atoms with Gasteiger partial charge in [0.2, 0.25) is 0 Å². The first kappa shape index (κ1) is 13.1. The van der Waals surface area contributed by atoms with Crippen LogP contribution in [-0.4, -0.2) is 43.5 Å². The summed E-state index contributed by atoms with van der Waals surface area (Å²) < 4.78 is 1.77. The van der Waals surface area contributed by atoms with Crippen LogP contribution in [0.3, 0.4) is 0 Å². The molecule has 2 aliphatic rings. The zero-order valence-electron chi connectivity index (χ0n) is 10.8. The third kappa shape index (κ3) is 1.80. The summed E-state index contributed by atoms with van der Waals surface area (Å²) in [5.41, 5.74) is 6.73. The molecule has 1 saturated carbocycles. The van der Waals surface area contributed by atoms with Gasteiger partial charge in [-0.25, -0.2) is 9.98 Å². The number of fused-ring (bicyclic) bond motifs is 1. The molecule has 2 heterocycles. The van der Waals surface area contributed by atoms with Gasteiger partial charge in [-0.3, -0.25) is 0 Å². The van der Waals surface area contributed by atoms with Crippen molar-refractivity contribution in [3.63, 3.8) is 0 Å². The molecule has 1 aromatic heterocycles. The lowest BCUT2D eigenvalue weighted by Gasteiger charge is -2.22. The lowest BCUT2D eigenvalue weighted by molar-refractivity contribution is 0.101. The highest BCUT2D eigenvalue weighted by Gasteiger charge is 2.39. The molecule has 0 bridgehead atoms. The molecule has 6 N–H and O–H groups in total. The Morgan fingerprint density at radius 2 is 2.25 bits per heavy atom. The molecule has 2 unspecified atom stereocenters. The van der Waals surface area contributed by atoms with Crippen LogP contribution in [0.2, 0.25) is 0 Å². The van der Waals surface area contributed by atoms with Crippen molar-refractivity contribution in [2.45, 2.75) is 24.8 Å². The van der Waals surface area contributed by atoms with Gasteiger partial charge in [-0.15, -0.1) is 0 Å². The Morgan fingerprint density at radius 3 is 2.90 bits per heavy atom. The number of aliphatic imine (C=N–C) groups is 1. The Bertz CT molecular complexity index is 582. The molecule has 20 heavy (non-hydrogen) atoms. The van der Waals surface area contributed by atoms with E-state index in [-0.39, 0.29) is 24.5 Å². The standard InChI is InChI=1S/C12H17N5O3/c1-5-6(3-18)8(19)2-7(5)17-4-14-9-10(17)15-12(13)16-11(9)20/h4,6-8,11,18-20H,1-3H2,(H3,13,15,16)/t6-,7-,8?,11?/m0/s1. The van der Waals surface area contributed by atoms with Crippen LogP contribution < -0.4 is 11.1 Å². The first-order valence-electron chi connectivity index (χ1n) is 6.35. The second kappa shape index (κ2) is 4.58. The monoisotopic (exact) mass is 279 g/mol. The van der Waals surface area contributed by atoms with Crippen LogP contribution in [0.15, 0.2) is 23.5 Å². The first-order chi connectivity index (χ1) is 9.52. The fourth-order valence-corrected chi connectivity index (χ4v) is 2.85. The highest BCUT2D eigenvalue weighted by atomic mass is 16.3. The third-order valence-corrected chi connectivity index (χ3v) is 3.94. The number of hydrogen-bond acceptors (Lipinski definition) is 7. The minimum Gasteiger partial charge on any atom is -0.396 e. The Labute approximate surface area is 115 Å². The van der Waals surface area contributed by atoms with E-state index in [0.29, 0.717) is 17.9 Å². The molecule has 108 valence electrons. The van der Waals surface area contributed by atoms with E-state index >= 15 is 0 Å². The van der Waals surface area contributed by atoms with E-state index in [9.17, 15) is 15.3 Å². The number of hydrogen-bond donors (Lipinski definition) is 5. The molecular weight excluding hydrogens is 262 g/mol. The van der Waals surface area contributed by atoms with Gasteiger partial charge in [0.15, 0.2) is 12.2 Å². The molecule has 3 rings (SSSR count). The highest BCUT2D eigenvalue weighted by Crippen LogP contribution is 2.41. The van der Waals surface area contributed by atoms with Crippen molar-refractivity contribution in [3.05, 3.63) is 24.2 Å². The number of aliphatic hydroxyl groups excluding tert-OH is 3. The van der Waals surface area contributed by atoms with Gasteiger partial charge < -0.3 is 30.9 Å². The van der Waals surface area contributed by atoms with E-state index in [0.717, 1.165) is 5.57 Å². The number of aliphatic hydroxyl groups is 3. The molecule has 0 amide bonds. The molecule has 0 spiro atoms. The summed E-state index contributed by atoms with van der Waals surface area (Å²) >= 11 is 0. The number of nitrogens with zero attached hydrogens (tertiary/aromatic N) is 3. The number of nitrogens with one attached hydrogen (secondary N) is 1. The van der Waals surface area contributed by atoms with Crippen molar-refractivity contribution < 1.29 is 15.3 Å². The predicted molar refractivity (Wildman–Crippen MR) is 71.8 cm³/mol. The van der Waals surface area contributed by atoms with Gasteiger partial charge in [0, 0.05) is 5.92 Å². The van der Waals surface area contributed by atoms with E-state index in [4.69, 9.17) is 5.73 Å². The molecule has 0 radical (unpaired) electrons. The van der Waals surface area contributed by atoms with Crippen LogP contribution >= 0.6 is 0 Å². The second-order valence-electron chi connectivity index (χ2n) is 5.08. The maximum atomic E-state index is 9.96. The molecule has 1 aliphatic carbocycles. The topological polar surface area (TPSA) is 129 Å². The first-order valence-corrected chi connectivity index (χ1v) is 6.35. The Kier molecular flexibility index (Phi) is 3.00. The van der Waals surface area contributed by atoms with E-state index in [1.54, 1.807) is 10.9 Å². The fourth-order valence-electron chi connectivity index (χ4n) is 2.85. The average Bonchev–Trinajstić information content (AvgIpc) is 2.91. The zero-order valence-corrected chi connectivity index (χ0v) is 10.8.